The van der Waals surface area contributed by atoms with E-state index in [0.29, 0.717) is 0 Å². The molecule has 0 unspecified atom stereocenters. The lowest BCUT2D eigenvalue weighted by molar-refractivity contribution is -0.116. The zero-order valence-corrected chi connectivity index (χ0v) is 9.89. The summed E-state index contributed by atoms with van der Waals surface area (Å²) in [5.41, 5.74) is 1.15. The Balaban J connectivity index is 2.77. The van der Waals surface area contributed by atoms with Crippen LogP contribution < -0.4 is 0 Å². The van der Waals surface area contributed by atoms with Crippen LogP contribution in [0.4, 0.5) is 0 Å². The smallest absolute Gasteiger partial charge is 0.0575 e. The molecule has 0 saturated heterocycles. The van der Waals surface area contributed by atoms with Crippen molar-refractivity contribution in [1.29, 1.82) is 0 Å². The minimum atomic E-state index is 0.730. The van der Waals surface area contributed by atoms with E-state index < -0.39 is 0 Å². The van der Waals surface area contributed by atoms with Crippen molar-refractivity contribution in [3.63, 3.8) is 0 Å². The Hall–Kier alpha value is -0.0900. The highest BCUT2D eigenvalue weighted by Crippen LogP contribution is 2.22. The molecular formula is C9H11BrClNO. The van der Waals surface area contributed by atoms with Gasteiger partial charge in [0.25, 0.3) is 0 Å². The van der Waals surface area contributed by atoms with E-state index in [0.717, 1.165) is 21.6 Å². The topological polar surface area (TPSA) is 12.5 Å². The molecule has 72 valence electrons. The molecule has 0 bridgehead atoms. The van der Waals surface area contributed by atoms with Gasteiger partial charge in [0.05, 0.1) is 7.11 Å². The third-order valence-electron chi connectivity index (χ3n) is 1.72. The third-order valence-corrected chi connectivity index (χ3v) is 2.69. The van der Waals surface area contributed by atoms with E-state index in [1.54, 1.807) is 12.2 Å². The zero-order valence-electron chi connectivity index (χ0n) is 7.55. The molecule has 0 saturated carbocycles. The normalized spacial score (nSPS) is 10.8. The van der Waals surface area contributed by atoms with Crippen LogP contribution in [0, 0.1) is 0 Å². The Morgan fingerprint density at radius 3 is 2.77 bits per heavy atom. The van der Waals surface area contributed by atoms with E-state index in [1.165, 1.54) is 0 Å². The molecule has 0 N–H and O–H groups in total. The van der Waals surface area contributed by atoms with Gasteiger partial charge in [-0.3, -0.25) is 0 Å². The van der Waals surface area contributed by atoms with Crippen LogP contribution >= 0.6 is 27.5 Å². The van der Waals surface area contributed by atoms with Crippen molar-refractivity contribution >= 4 is 27.5 Å². The van der Waals surface area contributed by atoms with Crippen molar-refractivity contribution in [2.24, 2.45) is 0 Å². The van der Waals surface area contributed by atoms with Gasteiger partial charge < -0.3 is 4.84 Å². The van der Waals surface area contributed by atoms with Crippen LogP contribution in [0.5, 0.6) is 0 Å². The molecule has 0 aromatic heterocycles. The van der Waals surface area contributed by atoms with E-state index >= 15 is 0 Å². The van der Waals surface area contributed by atoms with Crippen molar-refractivity contribution in [2.45, 2.75) is 6.54 Å². The van der Waals surface area contributed by atoms with Crippen LogP contribution in [-0.2, 0) is 11.4 Å². The van der Waals surface area contributed by atoms with Gasteiger partial charge in [-0.25, -0.2) is 0 Å². The first-order valence-electron chi connectivity index (χ1n) is 3.82. The average Bonchev–Trinajstić information content (AvgIpc) is 2.09. The number of benzene rings is 1. The summed E-state index contributed by atoms with van der Waals surface area (Å²) in [6.07, 6.45) is 0. The monoisotopic (exact) mass is 263 g/mol. The second kappa shape index (κ2) is 4.96. The quantitative estimate of drug-likeness (QED) is 0.778. The van der Waals surface area contributed by atoms with Crippen molar-refractivity contribution in [3.8, 4) is 0 Å². The molecule has 0 atom stereocenters. The summed E-state index contributed by atoms with van der Waals surface area (Å²) in [4.78, 5) is 5.02. The minimum absolute atomic E-state index is 0.730. The largest absolute Gasteiger partial charge is 0.302 e. The molecule has 0 radical (unpaired) electrons. The maximum absolute atomic E-state index is 5.81. The van der Waals surface area contributed by atoms with E-state index in [-0.39, 0.29) is 0 Å². The fraction of sp³-hybridized carbons (Fsp3) is 0.333. The first-order chi connectivity index (χ1) is 6.13. The van der Waals surface area contributed by atoms with Crippen LogP contribution in [0.25, 0.3) is 0 Å². The first-order valence-corrected chi connectivity index (χ1v) is 4.99. The molecule has 2 nitrogen and oxygen atoms in total. The number of hydroxylamine groups is 2. The van der Waals surface area contributed by atoms with Gasteiger partial charge in [-0.1, -0.05) is 33.6 Å². The number of halogens is 2. The molecular weight excluding hydrogens is 253 g/mol. The molecule has 0 aliphatic rings. The van der Waals surface area contributed by atoms with Crippen LogP contribution in [0.15, 0.2) is 22.7 Å². The van der Waals surface area contributed by atoms with Crippen LogP contribution in [0.1, 0.15) is 5.56 Å². The maximum atomic E-state index is 5.81. The molecule has 0 aliphatic heterocycles. The molecule has 0 spiro atoms. The van der Waals surface area contributed by atoms with Gasteiger partial charge in [-0.2, -0.15) is 5.06 Å². The van der Waals surface area contributed by atoms with Crippen LogP contribution in [-0.4, -0.2) is 19.2 Å². The summed E-state index contributed by atoms with van der Waals surface area (Å²) in [7, 11) is 3.52. The summed E-state index contributed by atoms with van der Waals surface area (Å²) < 4.78 is 1.00. The predicted molar refractivity (Wildman–Crippen MR) is 57.6 cm³/mol. The lowest BCUT2D eigenvalue weighted by Crippen LogP contribution is -2.15. The van der Waals surface area contributed by atoms with Gasteiger partial charge in [0.2, 0.25) is 0 Å². The van der Waals surface area contributed by atoms with Gasteiger partial charge in [-0.05, 0) is 17.7 Å². The molecule has 4 heteroatoms. The number of nitrogens with zero attached hydrogens (tertiary/aromatic N) is 1. The highest BCUT2D eigenvalue weighted by atomic mass is 79.9. The number of hydrogen-bond acceptors (Lipinski definition) is 2. The number of hydrogen-bond donors (Lipinski definition) is 0. The van der Waals surface area contributed by atoms with Gasteiger partial charge >= 0.3 is 0 Å². The molecule has 1 aromatic carbocycles. The summed E-state index contributed by atoms with van der Waals surface area (Å²) in [5.74, 6) is 0. The predicted octanol–water partition coefficient (Wildman–Crippen LogP) is 3.10. The van der Waals surface area contributed by atoms with Crippen molar-refractivity contribution in [1.82, 2.24) is 5.06 Å². The molecule has 1 aromatic rings. The van der Waals surface area contributed by atoms with E-state index in [4.69, 9.17) is 16.4 Å². The fourth-order valence-electron chi connectivity index (χ4n) is 0.954. The Morgan fingerprint density at radius 2 is 2.23 bits per heavy atom. The summed E-state index contributed by atoms with van der Waals surface area (Å²) >= 11 is 9.25. The van der Waals surface area contributed by atoms with E-state index in [9.17, 15) is 0 Å². The Morgan fingerprint density at radius 1 is 1.54 bits per heavy atom. The van der Waals surface area contributed by atoms with Crippen molar-refractivity contribution < 1.29 is 4.84 Å². The fourth-order valence-corrected chi connectivity index (χ4v) is 1.76. The van der Waals surface area contributed by atoms with Gasteiger partial charge in [0, 0.05) is 23.1 Å². The molecule has 13 heavy (non-hydrogen) atoms. The highest BCUT2D eigenvalue weighted by Gasteiger charge is 2.03. The van der Waals surface area contributed by atoms with E-state index in [2.05, 4.69) is 15.9 Å². The van der Waals surface area contributed by atoms with Crippen molar-refractivity contribution in [3.05, 3.63) is 33.3 Å². The van der Waals surface area contributed by atoms with Crippen LogP contribution in [0.3, 0.4) is 0 Å². The Labute approximate surface area is 91.5 Å². The lowest BCUT2D eigenvalue weighted by atomic mass is 10.2. The number of rotatable bonds is 3. The lowest BCUT2D eigenvalue weighted by Gasteiger charge is -2.14. The van der Waals surface area contributed by atoms with Gasteiger partial charge in [0.1, 0.15) is 0 Å². The molecule has 0 fully saturated rings. The molecule has 0 amide bonds. The Bertz CT molecular complexity index is 293. The van der Waals surface area contributed by atoms with Gasteiger partial charge in [-0.15, -0.1) is 0 Å². The molecule has 1 rings (SSSR count). The van der Waals surface area contributed by atoms with Crippen LogP contribution in [0.2, 0.25) is 5.02 Å². The first kappa shape index (κ1) is 11.0. The van der Waals surface area contributed by atoms with Crippen molar-refractivity contribution in [2.75, 3.05) is 14.2 Å². The summed E-state index contributed by atoms with van der Waals surface area (Å²) in [6, 6.07) is 5.72. The minimum Gasteiger partial charge on any atom is -0.302 e. The standard InChI is InChI=1S/C9H11BrClNO/c1-12(13-2)6-7-3-4-8(11)5-9(7)10/h3-5H,6H2,1-2H3. The van der Waals surface area contributed by atoms with E-state index in [1.807, 2.05) is 25.2 Å². The molecule has 0 heterocycles. The highest BCUT2D eigenvalue weighted by molar-refractivity contribution is 9.10. The zero-order chi connectivity index (χ0) is 9.84. The van der Waals surface area contributed by atoms with Gasteiger partial charge in [0.15, 0.2) is 0 Å². The molecule has 0 aliphatic carbocycles. The average molecular weight is 265 g/mol. The summed E-state index contributed by atoms with van der Waals surface area (Å²) in [6.45, 7) is 0.730. The second-order valence-corrected chi connectivity index (χ2v) is 4.00. The summed E-state index contributed by atoms with van der Waals surface area (Å²) in [5, 5.41) is 2.48. The SMILES string of the molecule is CON(C)Cc1ccc(Cl)cc1Br. The second-order valence-electron chi connectivity index (χ2n) is 2.70. The third kappa shape index (κ3) is 3.27. The maximum Gasteiger partial charge on any atom is 0.0575 e. The Kier molecular flexibility index (Phi) is 4.19.